The molecular formula is C29H40N10O2S. The Hall–Kier alpha value is -3.31. The summed E-state index contributed by atoms with van der Waals surface area (Å²) in [5, 5.41) is 18.3. The Labute approximate surface area is 250 Å². The van der Waals surface area contributed by atoms with Crippen LogP contribution >= 0.6 is 11.3 Å². The van der Waals surface area contributed by atoms with Crippen LogP contribution < -0.4 is 20.9 Å². The molecule has 12 nitrogen and oxygen atoms in total. The summed E-state index contributed by atoms with van der Waals surface area (Å²) in [5.74, 6) is 2.49. The first kappa shape index (κ1) is 28.8. The molecule has 3 N–H and O–H groups in total. The van der Waals surface area contributed by atoms with Crippen molar-refractivity contribution in [1.29, 1.82) is 5.26 Å². The van der Waals surface area contributed by atoms with Crippen LogP contribution in [0, 0.1) is 11.3 Å². The Kier molecular flexibility index (Phi) is 8.31. The maximum atomic E-state index is 9.90. The van der Waals surface area contributed by atoms with Gasteiger partial charge in [0.1, 0.15) is 22.6 Å². The second kappa shape index (κ2) is 12.1. The van der Waals surface area contributed by atoms with Gasteiger partial charge in [-0.15, -0.1) is 11.3 Å². The molecule has 13 heteroatoms. The van der Waals surface area contributed by atoms with Crippen molar-refractivity contribution in [3.8, 4) is 17.6 Å². The molecule has 1 aliphatic carbocycles. The summed E-state index contributed by atoms with van der Waals surface area (Å²) >= 11 is 1.50. The monoisotopic (exact) mass is 592 g/mol. The van der Waals surface area contributed by atoms with Crippen molar-refractivity contribution >= 4 is 28.1 Å². The molecule has 0 aromatic carbocycles. The highest BCUT2D eigenvalue weighted by Gasteiger charge is 2.43. The second-order valence-corrected chi connectivity index (χ2v) is 12.8. The maximum Gasteiger partial charge on any atom is 0.237 e. The first-order valence-electron chi connectivity index (χ1n) is 14.9. The van der Waals surface area contributed by atoms with Crippen LogP contribution in [-0.2, 0) is 16.6 Å². The number of piperazine rings is 1. The number of aromatic nitrogens is 4. The van der Waals surface area contributed by atoms with Crippen LogP contribution in [0.25, 0.3) is 11.5 Å². The van der Waals surface area contributed by atoms with Gasteiger partial charge in [-0.2, -0.15) is 15.2 Å². The molecule has 42 heavy (non-hydrogen) atoms. The topological polar surface area (TPSA) is 145 Å². The van der Waals surface area contributed by atoms with Gasteiger partial charge in [0.25, 0.3) is 0 Å². The van der Waals surface area contributed by atoms with E-state index in [1.807, 2.05) is 6.07 Å². The maximum absolute atomic E-state index is 9.90. The van der Waals surface area contributed by atoms with Gasteiger partial charge in [0, 0.05) is 75.5 Å². The lowest BCUT2D eigenvalue weighted by molar-refractivity contribution is 0.148. The molecule has 0 saturated carbocycles. The Bertz CT molecular complexity index is 1440. The molecule has 0 bridgehead atoms. The molecule has 0 radical (unpaired) electrons. The minimum absolute atomic E-state index is 0.226. The number of anilines is 3. The number of aryl methyl sites for hydroxylation is 1. The Morgan fingerprint density at radius 3 is 2.83 bits per heavy atom. The molecule has 3 aliphatic rings. The van der Waals surface area contributed by atoms with Crippen molar-refractivity contribution in [2.75, 3.05) is 81.6 Å². The number of rotatable bonds is 7. The minimum atomic E-state index is -0.583. The number of hydrogen-bond donors (Lipinski definition) is 2. The van der Waals surface area contributed by atoms with Crippen LogP contribution in [0.3, 0.4) is 0 Å². The summed E-state index contributed by atoms with van der Waals surface area (Å²) in [7, 11) is 1.75. The molecule has 3 aromatic rings. The number of ether oxygens (including phenoxy) is 1. The van der Waals surface area contributed by atoms with Crippen LogP contribution in [0.5, 0.6) is 0 Å². The van der Waals surface area contributed by atoms with Crippen molar-refractivity contribution in [3.05, 3.63) is 28.0 Å². The second-order valence-electron chi connectivity index (χ2n) is 11.7. The smallest absolute Gasteiger partial charge is 0.237 e. The number of fused-ring (bicyclic) bond motifs is 1. The van der Waals surface area contributed by atoms with Gasteiger partial charge in [-0.05, 0) is 46.1 Å². The predicted molar refractivity (Wildman–Crippen MR) is 163 cm³/mol. The van der Waals surface area contributed by atoms with Crippen LogP contribution in [0.4, 0.5) is 16.8 Å². The normalized spacial score (nSPS) is 23.4. The molecular weight excluding hydrogens is 552 g/mol. The van der Waals surface area contributed by atoms with Gasteiger partial charge in [0.15, 0.2) is 0 Å². The number of thiophene rings is 1. The number of hydrogen-bond acceptors (Lipinski definition) is 13. The van der Waals surface area contributed by atoms with Crippen LogP contribution in [0.1, 0.15) is 55.0 Å². The fourth-order valence-electron chi connectivity index (χ4n) is 6.55. The van der Waals surface area contributed by atoms with Crippen molar-refractivity contribution < 1.29 is 9.26 Å². The quantitative estimate of drug-likeness (QED) is 0.416. The molecule has 224 valence electrons. The Balaban J connectivity index is 1.36. The van der Waals surface area contributed by atoms with Crippen LogP contribution in [-0.4, -0.2) is 97.1 Å². The predicted octanol–water partition coefficient (Wildman–Crippen LogP) is 2.64. The standard InChI is InChI=1S/C29H40N10O2S/c1-19-18-37(14-15-40-3)10-5-11-39(19)28-33-21(16-23(34-28)38-12-8-32-9-13-38)26-35-27(41-36-26)29(2)7-4-6-22-24(29)20(17-30)25(31)42-22/h16,19,32H,4-15,18,31H2,1-3H3/t19-,29-/m0/s1. The highest BCUT2D eigenvalue weighted by Crippen LogP contribution is 2.48. The van der Waals surface area contributed by atoms with Gasteiger partial charge in [0.05, 0.1) is 17.6 Å². The zero-order chi connectivity index (χ0) is 29.3. The summed E-state index contributed by atoms with van der Waals surface area (Å²) in [4.78, 5) is 23.2. The third-order valence-corrected chi connectivity index (χ3v) is 9.90. The summed E-state index contributed by atoms with van der Waals surface area (Å²) in [6, 6.07) is 4.53. The summed E-state index contributed by atoms with van der Waals surface area (Å²) < 4.78 is 11.3. The largest absolute Gasteiger partial charge is 0.389 e. The van der Waals surface area contributed by atoms with Gasteiger partial charge in [-0.1, -0.05) is 5.16 Å². The van der Waals surface area contributed by atoms with Gasteiger partial charge < -0.3 is 30.1 Å². The van der Waals surface area contributed by atoms with E-state index in [4.69, 9.17) is 29.9 Å². The highest BCUT2D eigenvalue weighted by atomic mass is 32.1. The van der Waals surface area contributed by atoms with Crippen LogP contribution in [0.2, 0.25) is 0 Å². The molecule has 5 heterocycles. The van der Waals surface area contributed by atoms with E-state index in [2.05, 4.69) is 45.1 Å². The first-order valence-corrected chi connectivity index (χ1v) is 15.7. The van der Waals surface area contributed by atoms with Gasteiger partial charge in [-0.3, -0.25) is 4.90 Å². The van der Waals surface area contributed by atoms with Crippen molar-refractivity contribution in [2.24, 2.45) is 0 Å². The molecule has 0 amide bonds. The lowest BCUT2D eigenvalue weighted by Gasteiger charge is -2.32. The van der Waals surface area contributed by atoms with Gasteiger partial charge >= 0.3 is 0 Å². The number of nitrogens with one attached hydrogen (secondary N) is 1. The van der Waals surface area contributed by atoms with E-state index in [0.29, 0.717) is 33.9 Å². The van der Waals surface area contributed by atoms with Crippen molar-refractivity contribution in [2.45, 2.75) is 51.0 Å². The molecule has 0 unspecified atom stereocenters. The molecule has 0 spiro atoms. The van der Waals surface area contributed by atoms with Gasteiger partial charge in [0.2, 0.25) is 17.7 Å². The SMILES string of the molecule is COCCN1CCCN(c2nc(-c3noc([C@@]4(C)CCCc5sc(N)c(C#N)c54)n3)cc(N3CCNCC3)n2)[C@@H](C)C1. The third kappa shape index (κ3) is 5.44. The fourth-order valence-corrected chi connectivity index (χ4v) is 7.74. The van der Waals surface area contributed by atoms with E-state index in [0.717, 1.165) is 101 Å². The summed E-state index contributed by atoms with van der Waals surface area (Å²) in [5.41, 5.74) is 7.78. The van der Waals surface area contributed by atoms with Crippen molar-refractivity contribution in [1.82, 2.24) is 30.3 Å². The zero-order valence-corrected chi connectivity index (χ0v) is 25.5. The minimum Gasteiger partial charge on any atom is -0.389 e. The zero-order valence-electron chi connectivity index (χ0n) is 24.7. The molecule has 2 aliphatic heterocycles. The lowest BCUT2D eigenvalue weighted by Crippen LogP contribution is -2.44. The van der Waals surface area contributed by atoms with E-state index in [9.17, 15) is 5.26 Å². The number of nitriles is 1. The Morgan fingerprint density at radius 1 is 1.21 bits per heavy atom. The first-order chi connectivity index (χ1) is 20.4. The van der Waals surface area contributed by atoms with Crippen molar-refractivity contribution in [3.63, 3.8) is 0 Å². The van der Waals surface area contributed by atoms with E-state index in [1.54, 1.807) is 7.11 Å². The Morgan fingerprint density at radius 2 is 2.05 bits per heavy atom. The summed E-state index contributed by atoms with van der Waals surface area (Å²) in [6.07, 6.45) is 3.69. The molecule has 3 aromatic heterocycles. The molecule has 6 rings (SSSR count). The number of methoxy groups -OCH3 is 1. The van der Waals surface area contributed by atoms with Gasteiger partial charge in [-0.25, -0.2) is 4.98 Å². The van der Waals surface area contributed by atoms with E-state index in [-0.39, 0.29) is 6.04 Å². The summed E-state index contributed by atoms with van der Waals surface area (Å²) in [6.45, 7) is 12.3. The third-order valence-electron chi connectivity index (χ3n) is 8.82. The number of nitrogens with zero attached hydrogens (tertiary/aromatic N) is 8. The average molecular weight is 593 g/mol. The van der Waals surface area contributed by atoms with E-state index < -0.39 is 5.41 Å². The van der Waals surface area contributed by atoms with Crippen LogP contribution in [0.15, 0.2) is 10.6 Å². The van der Waals surface area contributed by atoms with E-state index in [1.165, 1.54) is 11.3 Å². The fraction of sp³-hybridized carbons (Fsp3) is 0.621. The number of nitrogens with two attached hydrogens (primary N) is 1. The highest BCUT2D eigenvalue weighted by molar-refractivity contribution is 7.16. The lowest BCUT2D eigenvalue weighted by atomic mass is 9.72. The number of nitrogen functional groups attached to an aromatic ring is 1. The van der Waals surface area contributed by atoms with E-state index >= 15 is 0 Å². The average Bonchev–Trinajstić information content (AvgIpc) is 3.58. The molecule has 2 saturated heterocycles. The molecule has 2 atom stereocenters. The molecule has 2 fully saturated rings.